The van der Waals surface area contributed by atoms with Crippen molar-refractivity contribution < 1.29 is 23.9 Å². The molecule has 1 atom stereocenters. The minimum absolute atomic E-state index is 0.0360. The molecule has 0 amide bonds. The number of carbonyl (C=O) groups is 1. The monoisotopic (exact) mass is 376 g/mol. The largest absolute Gasteiger partial charge is 0.493 e. The molecule has 0 bridgehead atoms. The molecular formula is C17H13ClN2O6. The van der Waals surface area contributed by atoms with E-state index >= 15 is 0 Å². The molecule has 0 aliphatic rings. The molecule has 2 rings (SSSR count). The van der Waals surface area contributed by atoms with Crippen molar-refractivity contribution in [3.05, 3.63) is 57.1 Å². The quantitative estimate of drug-likeness (QED) is 0.423. The van der Waals surface area contributed by atoms with Crippen molar-refractivity contribution in [3.63, 3.8) is 0 Å². The second kappa shape index (κ2) is 8.18. The van der Waals surface area contributed by atoms with E-state index in [1.54, 1.807) is 6.07 Å². The van der Waals surface area contributed by atoms with Crippen LogP contribution in [0.5, 0.6) is 17.2 Å². The van der Waals surface area contributed by atoms with Gasteiger partial charge in [0.1, 0.15) is 6.07 Å². The molecule has 0 radical (unpaired) electrons. The number of nitrogens with zero attached hydrogens (tertiary/aromatic N) is 2. The average molecular weight is 377 g/mol. The first-order valence-corrected chi connectivity index (χ1v) is 7.64. The Balaban J connectivity index is 2.33. The number of rotatable bonds is 6. The van der Waals surface area contributed by atoms with Crippen LogP contribution >= 0.6 is 11.6 Å². The van der Waals surface area contributed by atoms with Gasteiger partial charge in [-0.1, -0.05) is 11.6 Å². The topological polar surface area (TPSA) is 112 Å². The third-order valence-corrected chi connectivity index (χ3v) is 3.44. The predicted molar refractivity (Wildman–Crippen MR) is 91.7 cm³/mol. The Hall–Kier alpha value is -3.31. The molecule has 0 N–H and O–H groups in total. The highest BCUT2D eigenvalue weighted by Crippen LogP contribution is 2.38. The third-order valence-electron chi connectivity index (χ3n) is 3.20. The number of methoxy groups -OCH3 is 1. The second-order valence-electron chi connectivity index (χ2n) is 5.01. The number of hydrogen-bond donors (Lipinski definition) is 0. The number of nitriles is 1. The third kappa shape index (κ3) is 4.40. The van der Waals surface area contributed by atoms with E-state index in [9.17, 15) is 14.9 Å². The highest BCUT2D eigenvalue weighted by Gasteiger charge is 2.20. The van der Waals surface area contributed by atoms with Gasteiger partial charge in [0.25, 0.3) is 0 Å². The molecule has 8 nitrogen and oxygen atoms in total. The summed E-state index contributed by atoms with van der Waals surface area (Å²) in [5, 5.41) is 20.0. The molecule has 0 aliphatic carbocycles. The SMILES string of the molecule is COc1cc(C(=O)O[C@@H](C)C#N)ccc1Oc1ccc(Cl)cc1[N+](=O)[O-]. The van der Waals surface area contributed by atoms with Gasteiger partial charge in [-0.2, -0.15) is 5.26 Å². The first kappa shape index (κ1) is 19.0. The highest BCUT2D eigenvalue weighted by molar-refractivity contribution is 6.30. The number of ether oxygens (including phenoxy) is 3. The van der Waals surface area contributed by atoms with E-state index in [2.05, 4.69) is 0 Å². The van der Waals surface area contributed by atoms with Crippen molar-refractivity contribution in [2.75, 3.05) is 7.11 Å². The molecule has 0 saturated heterocycles. The lowest BCUT2D eigenvalue weighted by Crippen LogP contribution is -2.13. The number of nitro groups is 1. The number of nitro benzene ring substituents is 1. The first-order valence-electron chi connectivity index (χ1n) is 7.26. The van der Waals surface area contributed by atoms with Crippen molar-refractivity contribution in [2.24, 2.45) is 0 Å². The normalized spacial score (nSPS) is 11.2. The molecular weight excluding hydrogens is 364 g/mol. The van der Waals surface area contributed by atoms with Gasteiger partial charge in [0.05, 0.1) is 17.6 Å². The zero-order valence-electron chi connectivity index (χ0n) is 13.8. The van der Waals surface area contributed by atoms with Gasteiger partial charge in [0, 0.05) is 11.1 Å². The van der Waals surface area contributed by atoms with Crippen molar-refractivity contribution >= 4 is 23.3 Å². The van der Waals surface area contributed by atoms with Crippen molar-refractivity contribution in [1.29, 1.82) is 5.26 Å². The smallest absolute Gasteiger partial charge is 0.339 e. The molecule has 0 fully saturated rings. The summed E-state index contributed by atoms with van der Waals surface area (Å²) in [7, 11) is 1.35. The van der Waals surface area contributed by atoms with E-state index in [-0.39, 0.29) is 33.5 Å². The minimum Gasteiger partial charge on any atom is -0.493 e. The van der Waals surface area contributed by atoms with E-state index < -0.39 is 17.0 Å². The standard InChI is InChI=1S/C17H13ClN2O6/c1-10(9-19)25-17(21)11-3-5-15(16(7-11)24-2)26-14-6-4-12(18)8-13(14)20(22)23/h3-8,10H,1-2H3/t10-/m0/s1. The van der Waals surface area contributed by atoms with Crippen LogP contribution in [0.25, 0.3) is 0 Å². The van der Waals surface area contributed by atoms with Crippen LogP contribution in [0.15, 0.2) is 36.4 Å². The molecule has 0 unspecified atom stereocenters. The molecule has 2 aromatic carbocycles. The Morgan fingerprint density at radius 1 is 1.23 bits per heavy atom. The number of halogens is 1. The molecule has 134 valence electrons. The summed E-state index contributed by atoms with van der Waals surface area (Å²) in [4.78, 5) is 22.5. The molecule has 9 heteroatoms. The van der Waals surface area contributed by atoms with Gasteiger partial charge in [-0.3, -0.25) is 10.1 Å². The lowest BCUT2D eigenvalue weighted by atomic mass is 10.2. The lowest BCUT2D eigenvalue weighted by molar-refractivity contribution is -0.385. The van der Waals surface area contributed by atoms with Crippen LogP contribution < -0.4 is 9.47 Å². The number of carbonyl (C=O) groups excluding carboxylic acids is 1. The minimum atomic E-state index is -0.902. The fraction of sp³-hybridized carbons (Fsp3) is 0.176. The molecule has 2 aromatic rings. The molecule has 0 aliphatic heterocycles. The Morgan fingerprint density at radius 2 is 1.92 bits per heavy atom. The first-order chi connectivity index (χ1) is 12.3. The van der Waals surface area contributed by atoms with E-state index in [4.69, 9.17) is 31.1 Å². The summed E-state index contributed by atoms with van der Waals surface area (Å²) < 4.78 is 15.6. The van der Waals surface area contributed by atoms with Crippen LogP contribution in [-0.2, 0) is 4.74 Å². The van der Waals surface area contributed by atoms with Gasteiger partial charge in [0.15, 0.2) is 17.6 Å². The number of hydrogen-bond acceptors (Lipinski definition) is 7. The summed E-state index contributed by atoms with van der Waals surface area (Å²) in [5.74, 6) is -0.427. The maximum absolute atomic E-state index is 12.0. The van der Waals surface area contributed by atoms with E-state index in [0.717, 1.165) is 0 Å². The number of benzene rings is 2. The zero-order valence-corrected chi connectivity index (χ0v) is 14.5. The maximum Gasteiger partial charge on any atom is 0.339 e. The van der Waals surface area contributed by atoms with Crippen LogP contribution in [-0.4, -0.2) is 24.1 Å². The average Bonchev–Trinajstić information content (AvgIpc) is 2.62. The van der Waals surface area contributed by atoms with E-state index in [0.29, 0.717) is 0 Å². The van der Waals surface area contributed by atoms with E-state index in [1.165, 1.54) is 50.4 Å². The van der Waals surface area contributed by atoms with Crippen molar-refractivity contribution in [3.8, 4) is 23.3 Å². The Bertz CT molecular complexity index is 893. The van der Waals surface area contributed by atoms with Gasteiger partial charge >= 0.3 is 11.7 Å². The van der Waals surface area contributed by atoms with Crippen LogP contribution in [0.1, 0.15) is 17.3 Å². The fourth-order valence-corrected chi connectivity index (χ4v) is 2.14. The molecule has 0 saturated carbocycles. The highest BCUT2D eigenvalue weighted by atomic mass is 35.5. The Labute approximate surface area is 153 Å². The van der Waals surface area contributed by atoms with Crippen LogP contribution in [0, 0.1) is 21.4 Å². The zero-order chi connectivity index (χ0) is 19.3. The van der Waals surface area contributed by atoms with Crippen LogP contribution in [0.3, 0.4) is 0 Å². The predicted octanol–water partition coefficient (Wildman–Crippen LogP) is 4.12. The summed E-state index contributed by atoms with van der Waals surface area (Å²) in [5.41, 5.74) is -0.173. The van der Waals surface area contributed by atoms with Crippen LogP contribution in [0.4, 0.5) is 5.69 Å². The number of esters is 1. The van der Waals surface area contributed by atoms with Gasteiger partial charge in [-0.15, -0.1) is 0 Å². The fourth-order valence-electron chi connectivity index (χ4n) is 1.97. The lowest BCUT2D eigenvalue weighted by Gasteiger charge is -2.12. The Kier molecular flexibility index (Phi) is 5.98. The van der Waals surface area contributed by atoms with Crippen molar-refractivity contribution in [2.45, 2.75) is 13.0 Å². The summed E-state index contributed by atoms with van der Waals surface area (Å²) in [6.07, 6.45) is -0.902. The maximum atomic E-state index is 12.0. The molecule has 0 aromatic heterocycles. The summed E-state index contributed by atoms with van der Waals surface area (Å²) in [6.45, 7) is 1.44. The van der Waals surface area contributed by atoms with Gasteiger partial charge in [0.2, 0.25) is 5.75 Å². The Morgan fingerprint density at radius 3 is 2.54 bits per heavy atom. The van der Waals surface area contributed by atoms with Crippen molar-refractivity contribution in [1.82, 2.24) is 0 Å². The van der Waals surface area contributed by atoms with Gasteiger partial charge < -0.3 is 14.2 Å². The summed E-state index contributed by atoms with van der Waals surface area (Å²) in [6, 6.07) is 9.91. The van der Waals surface area contributed by atoms with Gasteiger partial charge in [-0.25, -0.2) is 4.79 Å². The van der Waals surface area contributed by atoms with Crippen LogP contribution in [0.2, 0.25) is 5.02 Å². The molecule has 26 heavy (non-hydrogen) atoms. The van der Waals surface area contributed by atoms with Gasteiger partial charge in [-0.05, 0) is 37.3 Å². The molecule has 0 spiro atoms. The van der Waals surface area contributed by atoms with E-state index in [1.807, 2.05) is 0 Å². The summed E-state index contributed by atoms with van der Waals surface area (Å²) >= 11 is 5.77. The second-order valence-corrected chi connectivity index (χ2v) is 5.45. The molecule has 0 heterocycles.